The van der Waals surface area contributed by atoms with E-state index in [0.29, 0.717) is 34.5 Å². The molecule has 0 fully saturated rings. The molecule has 7 nitrogen and oxygen atoms in total. The molecule has 47 heavy (non-hydrogen) atoms. The molecule has 0 saturated carbocycles. The Bertz CT molecular complexity index is 1740. The monoisotopic (exact) mass is 669 g/mol. The number of carbonyl (C=O) groups excluding carboxylic acids is 2. The van der Waals surface area contributed by atoms with Crippen molar-refractivity contribution in [2.24, 2.45) is 0 Å². The number of hydrogen-bond donors (Lipinski definition) is 1. The van der Waals surface area contributed by atoms with Gasteiger partial charge in [0, 0.05) is 19.5 Å². The topological polar surface area (TPSA) is 86.8 Å². The summed E-state index contributed by atoms with van der Waals surface area (Å²) in [6.07, 6.45) is -3.26. The van der Waals surface area contributed by atoms with Crippen molar-refractivity contribution in [2.45, 2.75) is 49.8 Å². The second kappa shape index (κ2) is 15.7. The first kappa shape index (κ1) is 35.1. The molecule has 4 rings (SSSR count). The van der Waals surface area contributed by atoms with Crippen LogP contribution in [-0.2, 0) is 38.8 Å². The molecule has 0 aliphatic carbocycles. The Hall–Kier alpha value is -4.71. The normalized spacial score (nSPS) is 12.3. The van der Waals surface area contributed by atoms with E-state index in [1.54, 1.807) is 36.4 Å². The summed E-state index contributed by atoms with van der Waals surface area (Å²) in [5.41, 5.74) is -0.315. The molecule has 248 valence electrons. The average Bonchev–Trinajstić information content (AvgIpc) is 3.06. The van der Waals surface area contributed by atoms with E-state index >= 15 is 0 Å². The van der Waals surface area contributed by atoms with E-state index < -0.39 is 52.0 Å². The average molecular weight is 670 g/mol. The molecule has 0 spiro atoms. The molecule has 0 radical (unpaired) electrons. The van der Waals surface area contributed by atoms with Crippen LogP contribution in [0.2, 0.25) is 0 Å². The molecule has 12 heteroatoms. The van der Waals surface area contributed by atoms with Gasteiger partial charge in [-0.2, -0.15) is 13.2 Å². The SMILES string of the molecule is CCCCNC(=O)C(Cc1ccccc1)N(Cc1ccc(F)cc1)C(=O)CN(c1cccc(C(F)(F)F)c1)S(=O)(=O)c1ccccc1. The summed E-state index contributed by atoms with van der Waals surface area (Å²) < 4.78 is 83.5. The van der Waals surface area contributed by atoms with E-state index in [-0.39, 0.29) is 23.5 Å². The van der Waals surface area contributed by atoms with Crippen molar-refractivity contribution in [3.05, 3.63) is 132 Å². The predicted molar refractivity (Wildman–Crippen MR) is 171 cm³/mol. The second-order valence-electron chi connectivity index (χ2n) is 10.9. The third kappa shape index (κ3) is 9.41. The van der Waals surface area contributed by atoms with Gasteiger partial charge in [0.2, 0.25) is 11.8 Å². The number of nitrogens with zero attached hydrogens (tertiary/aromatic N) is 2. The number of sulfonamides is 1. The first-order valence-electron chi connectivity index (χ1n) is 15.0. The Balaban J connectivity index is 1.82. The smallest absolute Gasteiger partial charge is 0.354 e. The number of halogens is 4. The number of benzene rings is 4. The summed E-state index contributed by atoms with van der Waals surface area (Å²) in [5.74, 6) is -1.86. The molecule has 1 N–H and O–H groups in total. The first-order chi connectivity index (χ1) is 22.4. The van der Waals surface area contributed by atoms with E-state index in [4.69, 9.17) is 0 Å². The minimum Gasteiger partial charge on any atom is -0.354 e. The van der Waals surface area contributed by atoms with Crippen LogP contribution in [0.3, 0.4) is 0 Å². The summed E-state index contributed by atoms with van der Waals surface area (Å²) in [5, 5.41) is 2.85. The molecule has 1 unspecified atom stereocenters. The molecule has 0 saturated heterocycles. The highest BCUT2D eigenvalue weighted by Gasteiger charge is 2.36. The number of anilines is 1. The Morgan fingerprint density at radius 1 is 0.830 bits per heavy atom. The van der Waals surface area contributed by atoms with Crippen LogP contribution in [0.1, 0.15) is 36.5 Å². The van der Waals surface area contributed by atoms with Crippen LogP contribution in [0.5, 0.6) is 0 Å². The van der Waals surface area contributed by atoms with Crippen molar-refractivity contribution in [3.63, 3.8) is 0 Å². The van der Waals surface area contributed by atoms with Crippen molar-refractivity contribution >= 4 is 27.5 Å². The Kier molecular flexibility index (Phi) is 11.8. The molecule has 0 bridgehead atoms. The fourth-order valence-electron chi connectivity index (χ4n) is 4.93. The van der Waals surface area contributed by atoms with E-state index in [0.717, 1.165) is 18.6 Å². The van der Waals surface area contributed by atoms with Crippen LogP contribution in [-0.4, -0.2) is 44.3 Å². The molecule has 4 aromatic rings. The summed E-state index contributed by atoms with van der Waals surface area (Å²) in [7, 11) is -4.58. The van der Waals surface area contributed by atoms with Gasteiger partial charge in [0.1, 0.15) is 18.4 Å². The number of alkyl halides is 3. The number of nitrogens with one attached hydrogen (secondary N) is 1. The van der Waals surface area contributed by atoms with Gasteiger partial charge < -0.3 is 10.2 Å². The lowest BCUT2D eigenvalue weighted by molar-refractivity contribution is -0.140. The Labute approximate surface area is 271 Å². The molecule has 2 amide bonds. The maximum absolute atomic E-state index is 14.4. The minimum absolute atomic E-state index is 0.0563. The number of hydrogen-bond acceptors (Lipinski definition) is 4. The lowest BCUT2D eigenvalue weighted by Crippen LogP contribution is -2.53. The fraction of sp³-hybridized carbons (Fsp3) is 0.257. The van der Waals surface area contributed by atoms with E-state index in [2.05, 4.69) is 5.32 Å². The Morgan fingerprint density at radius 2 is 1.47 bits per heavy atom. The van der Waals surface area contributed by atoms with Gasteiger partial charge in [-0.25, -0.2) is 12.8 Å². The highest BCUT2D eigenvalue weighted by molar-refractivity contribution is 7.92. The van der Waals surface area contributed by atoms with E-state index in [9.17, 15) is 35.6 Å². The molecule has 4 aromatic carbocycles. The lowest BCUT2D eigenvalue weighted by atomic mass is 10.0. The van der Waals surface area contributed by atoms with Crippen molar-refractivity contribution in [1.29, 1.82) is 0 Å². The number of carbonyl (C=O) groups is 2. The third-order valence-corrected chi connectivity index (χ3v) is 9.23. The van der Waals surface area contributed by atoms with Gasteiger partial charge in [0.25, 0.3) is 10.0 Å². The first-order valence-corrected chi connectivity index (χ1v) is 16.4. The van der Waals surface area contributed by atoms with Gasteiger partial charge in [0.05, 0.1) is 16.1 Å². The van der Waals surface area contributed by atoms with Gasteiger partial charge in [-0.15, -0.1) is 0 Å². The maximum atomic E-state index is 14.4. The zero-order valence-corrected chi connectivity index (χ0v) is 26.5. The standard InChI is InChI=1S/C35H35F4N3O4S/c1-2-3-21-40-34(44)32(22-26-11-6-4-7-12-26)41(24-27-17-19-29(36)20-18-27)33(43)25-42(47(45,46)31-15-8-5-9-16-31)30-14-10-13-28(23-30)35(37,38)39/h4-20,23,32H,2-3,21-22,24-25H2,1H3,(H,40,44). The number of unbranched alkanes of at least 4 members (excludes halogenated alkanes) is 1. The largest absolute Gasteiger partial charge is 0.416 e. The summed E-state index contributed by atoms with van der Waals surface area (Å²) >= 11 is 0. The van der Waals surface area contributed by atoms with E-state index in [1.807, 2.05) is 6.92 Å². The minimum atomic E-state index is -4.78. The maximum Gasteiger partial charge on any atom is 0.416 e. The second-order valence-corrected chi connectivity index (χ2v) is 12.7. The number of rotatable bonds is 14. The zero-order chi connectivity index (χ0) is 34.0. The van der Waals surface area contributed by atoms with Crippen LogP contribution in [0.15, 0.2) is 114 Å². The van der Waals surface area contributed by atoms with Crippen LogP contribution >= 0.6 is 0 Å². The molecule has 1 atom stereocenters. The fourth-order valence-corrected chi connectivity index (χ4v) is 6.36. The van der Waals surface area contributed by atoms with Crippen molar-refractivity contribution in [3.8, 4) is 0 Å². The van der Waals surface area contributed by atoms with Gasteiger partial charge in [0.15, 0.2) is 0 Å². The Morgan fingerprint density at radius 3 is 2.09 bits per heavy atom. The van der Waals surface area contributed by atoms with Crippen molar-refractivity contribution in [1.82, 2.24) is 10.2 Å². The van der Waals surface area contributed by atoms with E-state index in [1.165, 1.54) is 59.5 Å². The molecule has 0 aliphatic heterocycles. The van der Waals surface area contributed by atoms with Crippen LogP contribution in [0.25, 0.3) is 0 Å². The van der Waals surface area contributed by atoms with Gasteiger partial charge >= 0.3 is 6.18 Å². The number of amides is 2. The van der Waals surface area contributed by atoms with Crippen LogP contribution in [0, 0.1) is 5.82 Å². The molecular weight excluding hydrogens is 634 g/mol. The quantitative estimate of drug-likeness (QED) is 0.121. The predicted octanol–water partition coefficient (Wildman–Crippen LogP) is 6.60. The highest BCUT2D eigenvalue weighted by Crippen LogP contribution is 2.33. The summed E-state index contributed by atoms with van der Waals surface area (Å²) in [6.45, 7) is 1.15. The zero-order valence-electron chi connectivity index (χ0n) is 25.7. The van der Waals surface area contributed by atoms with Crippen LogP contribution in [0.4, 0.5) is 23.2 Å². The van der Waals surface area contributed by atoms with Gasteiger partial charge in [-0.1, -0.05) is 80.1 Å². The van der Waals surface area contributed by atoms with Gasteiger partial charge in [-0.05, 0) is 60.0 Å². The van der Waals surface area contributed by atoms with Gasteiger partial charge in [-0.3, -0.25) is 13.9 Å². The van der Waals surface area contributed by atoms with Crippen molar-refractivity contribution in [2.75, 3.05) is 17.4 Å². The van der Waals surface area contributed by atoms with Crippen LogP contribution < -0.4 is 9.62 Å². The highest BCUT2D eigenvalue weighted by atomic mass is 32.2. The third-order valence-electron chi connectivity index (χ3n) is 7.44. The molecule has 0 aromatic heterocycles. The molecule has 0 heterocycles. The lowest BCUT2D eigenvalue weighted by Gasteiger charge is -2.34. The molecular formula is C35H35F4N3O4S. The summed E-state index contributed by atoms with van der Waals surface area (Å²) in [6, 6.07) is 23.8. The van der Waals surface area contributed by atoms with Crippen molar-refractivity contribution < 1.29 is 35.6 Å². The summed E-state index contributed by atoms with van der Waals surface area (Å²) in [4.78, 5) is 29.0. The molecule has 0 aliphatic rings.